The van der Waals surface area contributed by atoms with Gasteiger partial charge < -0.3 is 25.0 Å². The SMILES string of the molecule is Cc1ccc(C(C(=O)NC(Cc2ccccc2)C(=O)OC(C)(C)C)N(C(=O)C(C)NC(=O)OC(C)(C)C)C2CC2)c(C)c1. The molecule has 43 heavy (non-hydrogen) atoms. The van der Waals surface area contributed by atoms with Crippen molar-refractivity contribution in [3.05, 3.63) is 70.8 Å². The minimum Gasteiger partial charge on any atom is -0.458 e. The van der Waals surface area contributed by atoms with Gasteiger partial charge in [-0.3, -0.25) is 9.59 Å². The average Bonchev–Trinajstić information content (AvgIpc) is 3.70. The molecule has 0 bridgehead atoms. The first-order valence-corrected chi connectivity index (χ1v) is 14.9. The maximum Gasteiger partial charge on any atom is 0.408 e. The van der Waals surface area contributed by atoms with Crippen molar-refractivity contribution in [3.63, 3.8) is 0 Å². The van der Waals surface area contributed by atoms with Gasteiger partial charge in [0.1, 0.15) is 29.3 Å². The van der Waals surface area contributed by atoms with Gasteiger partial charge in [-0.25, -0.2) is 9.59 Å². The summed E-state index contributed by atoms with van der Waals surface area (Å²) in [6.45, 7) is 16.0. The highest BCUT2D eigenvalue weighted by Crippen LogP contribution is 2.37. The van der Waals surface area contributed by atoms with Crippen molar-refractivity contribution >= 4 is 23.9 Å². The normalized spacial score (nSPS) is 15.5. The Morgan fingerprint density at radius 3 is 2.02 bits per heavy atom. The van der Waals surface area contributed by atoms with Crippen LogP contribution >= 0.6 is 0 Å². The summed E-state index contributed by atoms with van der Waals surface area (Å²) in [5.41, 5.74) is 1.86. The molecule has 234 valence electrons. The topological polar surface area (TPSA) is 114 Å². The maximum absolute atomic E-state index is 14.3. The van der Waals surface area contributed by atoms with Crippen molar-refractivity contribution in [2.75, 3.05) is 0 Å². The van der Waals surface area contributed by atoms with E-state index in [1.165, 1.54) is 0 Å². The molecule has 0 aliphatic heterocycles. The van der Waals surface area contributed by atoms with Crippen LogP contribution in [0.5, 0.6) is 0 Å². The van der Waals surface area contributed by atoms with Crippen LogP contribution in [0.1, 0.15) is 89.6 Å². The van der Waals surface area contributed by atoms with Gasteiger partial charge in [-0.15, -0.1) is 0 Å². The van der Waals surface area contributed by atoms with Gasteiger partial charge in [0.15, 0.2) is 0 Å². The number of nitrogens with zero attached hydrogens (tertiary/aromatic N) is 1. The number of ether oxygens (including phenoxy) is 2. The lowest BCUT2D eigenvalue weighted by Crippen LogP contribution is -2.55. The molecule has 2 aromatic rings. The van der Waals surface area contributed by atoms with E-state index in [1.54, 1.807) is 53.4 Å². The summed E-state index contributed by atoms with van der Waals surface area (Å²) >= 11 is 0. The summed E-state index contributed by atoms with van der Waals surface area (Å²) in [6, 6.07) is 11.9. The number of aryl methyl sites for hydroxylation is 2. The highest BCUT2D eigenvalue weighted by molar-refractivity contribution is 5.94. The molecule has 3 unspecified atom stereocenters. The third-order valence-corrected chi connectivity index (χ3v) is 6.84. The third-order valence-electron chi connectivity index (χ3n) is 6.84. The Labute approximate surface area is 255 Å². The molecular formula is C34H47N3O6. The summed E-state index contributed by atoms with van der Waals surface area (Å²) in [7, 11) is 0. The van der Waals surface area contributed by atoms with Crippen molar-refractivity contribution in [1.82, 2.24) is 15.5 Å². The fourth-order valence-electron chi connectivity index (χ4n) is 4.86. The van der Waals surface area contributed by atoms with Gasteiger partial charge in [0.05, 0.1) is 0 Å². The van der Waals surface area contributed by atoms with Crippen molar-refractivity contribution in [3.8, 4) is 0 Å². The molecule has 3 atom stereocenters. The van der Waals surface area contributed by atoms with Crippen LogP contribution in [-0.4, -0.2) is 58.1 Å². The second kappa shape index (κ2) is 13.6. The number of carbonyl (C=O) groups is 4. The molecule has 3 rings (SSSR count). The number of carbonyl (C=O) groups excluding carboxylic acids is 4. The quantitative estimate of drug-likeness (QED) is 0.361. The van der Waals surface area contributed by atoms with E-state index in [0.717, 1.165) is 29.5 Å². The largest absolute Gasteiger partial charge is 0.458 e. The molecule has 2 N–H and O–H groups in total. The van der Waals surface area contributed by atoms with Gasteiger partial charge >= 0.3 is 12.1 Å². The van der Waals surface area contributed by atoms with Crippen LogP contribution in [0.2, 0.25) is 0 Å². The van der Waals surface area contributed by atoms with Crippen LogP contribution in [0, 0.1) is 13.8 Å². The highest BCUT2D eigenvalue weighted by Gasteiger charge is 2.44. The first kappa shape index (κ1) is 33.6. The molecule has 0 radical (unpaired) electrons. The summed E-state index contributed by atoms with van der Waals surface area (Å²) in [6.07, 6.45) is 0.942. The van der Waals surface area contributed by atoms with E-state index in [0.29, 0.717) is 5.56 Å². The summed E-state index contributed by atoms with van der Waals surface area (Å²) < 4.78 is 11.1. The van der Waals surface area contributed by atoms with Crippen LogP contribution in [0.25, 0.3) is 0 Å². The Balaban J connectivity index is 2.00. The zero-order chi connectivity index (χ0) is 32.1. The number of rotatable bonds is 10. The lowest BCUT2D eigenvalue weighted by molar-refractivity contribution is -0.159. The van der Waals surface area contributed by atoms with Crippen LogP contribution in [0.3, 0.4) is 0 Å². The molecule has 2 aromatic carbocycles. The fraction of sp³-hybridized carbons (Fsp3) is 0.529. The van der Waals surface area contributed by atoms with Gasteiger partial charge in [-0.1, -0.05) is 54.1 Å². The Morgan fingerprint density at radius 2 is 1.49 bits per heavy atom. The van der Waals surface area contributed by atoms with E-state index in [9.17, 15) is 19.2 Å². The van der Waals surface area contributed by atoms with E-state index < -0.39 is 53.2 Å². The number of amides is 3. The Hall–Kier alpha value is -3.88. The van der Waals surface area contributed by atoms with E-state index in [2.05, 4.69) is 10.6 Å². The monoisotopic (exact) mass is 593 g/mol. The Bertz CT molecular complexity index is 1310. The number of benzene rings is 2. The zero-order valence-corrected chi connectivity index (χ0v) is 26.9. The number of alkyl carbamates (subject to hydrolysis) is 1. The minimum absolute atomic E-state index is 0.194. The van der Waals surface area contributed by atoms with Crippen molar-refractivity contribution in [2.24, 2.45) is 0 Å². The van der Waals surface area contributed by atoms with E-state index >= 15 is 0 Å². The molecule has 0 aromatic heterocycles. The third kappa shape index (κ3) is 10.1. The molecule has 1 aliphatic carbocycles. The molecule has 9 heteroatoms. The van der Waals surface area contributed by atoms with E-state index in [4.69, 9.17) is 9.47 Å². The van der Waals surface area contributed by atoms with Crippen molar-refractivity contribution < 1.29 is 28.7 Å². The predicted molar refractivity (Wildman–Crippen MR) is 165 cm³/mol. The highest BCUT2D eigenvalue weighted by atomic mass is 16.6. The summed E-state index contributed by atoms with van der Waals surface area (Å²) in [5, 5.41) is 5.57. The summed E-state index contributed by atoms with van der Waals surface area (Å²) in [4.78, 5) is 55.8. The fourth-order valence-corrected chi connectivity index (χ4v) is 4.86. The number of hydrogen-bond donors (Lipinski definition) is 2. The lowest BCUT2D eigenvalue weighted by Gasteiger charge is -2.35. The van der Waals surface area contributed by atoms with E-state index in [-0.39, 0.29) is 12.5 Å². The standard InChI is InChI=1S/C34H47N3O6/c1-21-15-18-26(22(2)19-21)28(37(25-16-17-25)30(39)23(3)35-32(41)43-34(7,8)9)29(38)36-27(31(40)42-33(4,5)6)20-24-13-11-10-12-14-24/h10-15,18-19,23,25,27-28H,16-17,20H2,1-9H3,(H,35,41)(H,36,38). The first-order valence-electron chi connectivity index (χ1n) is 14.9. The second-order valence-corrected chi connectivity index (χ2v) is 13.4. The van der Waals surface area contributed by atoms with Gasteiger partial charge in [0.2, 0.25) is 11.8 Å². The molecule has 1 aliphatic rings. The molecule has 0 heterocycles. The molecule has 1 fully saturated rings. The number of nitrogens with one attached hydrogen (secondary N) is 2. The van der Waals surface area contributed by atoms with Crippen molar-refractivity contribution in [2.45, 2.75) is 117 Å². The lowest BCUT2D eigenvalue weighted by atomic mass is 9.95. The Kier molecular flexibility index (Phi) is 10.6. The van der Waals surface area contributed by atoms with Crippen LogP contribution in [0.15, 0.2) is 48.5 Å². The maximum atomic E-state index is 14.3. The smallest absolute Gasteiger partial charge is 0.408 e. The molecule has 0 spiro atoms. The van der Waals surface area contributed by atoms with Gasteiger partial charge in [-0.2, -0.15) is 0 Å². The van der Waals surface area contributed by atoms with Crippen LogP contribution in [-0.2, 0) is 30.3 Å². The number of hydrogen-bond acceptors (Lipinski definition) is 6. The van der Waals surface area contributed by atoms with Gasteiger partial charge in [-0.05, 0) is 91.8 Å². The predicted octanol–water partition coefficient (Wildman–Crippen LogP) is 5.32. The number of esters is 1. The minimum atomic E-state index is -1.04. The molecule has 9 nitrogen and oxygen atoms in total. The zero-order valence-electron chi connectivity index (χ0n) is 26.9. The molecule has 1 saturated carbocycles. The van der Waals surface area contributed by atoms with Crippen LogP contribution < -0.4 is 10.6 Å². The van der Waals surface area contributed by atoms with Gasteiger partial charge in [0, 0.05) is 12.5 Å². The molecular weight excluding hydrogens is 546 g/mol. The first-order chi connectivity index (χ1) is 19.9. The average molecular weight is 594 g/mol. The molecule has 3 amide bonds. The van der Waals surface area contributed by atoms with Crippen LogP contribution in [0.4, 0.5) is 4.79 Å². The molecule has 0 saturated heterocycles. The van der Waals surface area contributed by atoms with E-state index in [1.807, 2.05) is 62.4 Å². The van der Waals surface area contributed by atoms with Crippen molar-refractivity contribution in [1.29, 1.82) is 0 Å². The second-order valence-electron chi connectivity index (χ2n) is 13.4. The summed E-state index contributed by atoms with van der Waals surface area (Å²) in [5.74, 6) is -1.47. The Morgan fingerprint density at radius 1 is 0.884 bits per heavy atom. The van der Waals surface area contributed by atoms with Gasteiger partial charge in [0.25, 0.3) is 0 Å².